The summed E-state index contributed by atoms with van der Waals surface area (Å²) in [5.74, 6) is 1.81. The van der Waals surface area contributed by atoms with Gasteiger partial charge in [0.05, 0.1) is 6.10 Å². The number of rotatable bonds is 9. The summed E-state index contributed by atoms with van der Waals surface area (Å²) in [6, 6.07) is 0. The second-order valence-electron chi connectivity index (χ2n) is 4.49. The number of hydrogen-bond donors (Lipinski definition) is 0. The van der Waals surface area contributed by atoms with E-state index in [1.165, 1.54) is 19.3 Å². The van der Waals surface area contributed by atoms with Crippen LogP contribution in [0.3, 0.4) is 0 Å². The summed E-state index contributed by atoms with van der Waals surface area (Å²) >= 11 is 0. The van der Waals surface area contributed by atoms with E-state index in [4.69, 9.17) is 8.95 Å². The van der Waals surface area contributed by atoms with E-state index >= 15 is 0 Å². The van der Waals surface area contributed by atoms with Crippen molar-refractivity contribution in [1.82, 2.24) is 0 Å². The molecule has 2 nitrogen and oxygen atoms in total. The van der Waals surface area contributed by atoms with Gasteiger partial charge in [0.1, 0.15) is 0 Å². The molecule has 0 aromatic rings. The minimum absolute atomic E-state index is 0.172. The average Bonchev–Trinajstić information content (AvgIpc) is 3.07. The molecule has 0 aliphatic heterocycles. The lowest BCUT2D eigenvalue weighted by atomic mass is 10.2. The van der Waals surface area contributed by atoms with Gasteiger partial charge < -0.3 is 8.95 Å². The molecule has 0 bridgehead atoms. The van der Waals surface area contributed by atoms with Crippen LogP contribution in [0.25, 0.3) is 0 Å². The van der Waals surface area contributed by atoms with Crippen molar-refractivity contribution in [2.45, 2.75) is 38.8 Å². The fourth-order valence-electron chi connectivity index (χ4n) is 1.86. The zero-order valence-corrected chi connectivity index (χ0v) is 12.9. The van der Waals surface area contributed by atoms with E-state index in [0.29, 0.717) is 9.76 Å². The average molecular weight is 270 g/mol. The van der Waals surface area contributed by atoms with Gasteiger partial charge in [-0.05, 0) is 44.6 Å². The third-order valence-electron chi connectivity index (χ3n) is 3.09. The van der Waals surface area contributed by atoms with Gasteiger partial charge in [-0.3, -0.25) is 0 Å². The molecule has 4 atom stereocenters. The van der Waals surface area contributed by atoms with Crippen molar-refractivity contribution in [2.75, 3.05) is 6.61 Å². The summed E-state index contributed by atoms with van der Waals surface area (Å²) in [4.78, 5) is 0. The first-order chi connectivity index (χ1) is 8.27. The first-order valence-corrected chi connectivity index (χ1v) is 8.13. The Bertz CT molecular complexity index is 256. The topological polar surface area (TPSA) is 18.5 Å². The van der Waals surface area contributed by atoms with E-state index < -0.39 is 0 Å². The van der Waals surface area contributed by atoms with Gasteiger partial charge in [0.15, 0.2) is 0 Å². The summed E-state index contributed by atoms with van der Waals surface area (Å²) in [5, 5.41) is 0. The lowest BCUT2D eigenvalue weighted by Crippen LogP contribution is -1.97. The standard InChI is InChI=1S/C13H23O2PSi/c1-11(15-16)6-4-3-5-7-12-10-13(12)8-9-14-17-2/h3-6,11-13H,7-10,16H2,1-2H3/b5-3-,6-4+/t11?,12-,13-/m1/s1. The molecular formula is C13H23O2PSi. The molecule has 2 radical (unpaired) electrons. The molecule has 96 valence electrons. The monoisotopic (exact) mass is 270 g/mol. The lowest BCUT2D eigenvalue weighted by molar-refractivity contribution is 0.317. The number of allylic oxidation sites excluding steroid dienone is 3. The van der Waals surface area contributed by atoms with E-state index in [2.05, 4.69) is 34.2 Å². The Morgan fingerprint density at radius 1 is 1.41 bits per heavy atom. The van der Waals surface area contributed by atoms with Gasteiger partial charge in [0.25, 0.3) is 0 Å². The fraction of sp³-hybridized carbons (Fsp3) is 0.692. The molecule has 0 heterocycles. The number of hydrogen-bond acceptors (Lipinski definition) is 2. The highest BCUT2D eigenvalue weighted by atomic mass is 31.0. The normalized spacial score (nSPS) is 25.8. The van der Waals surface area contributed by atoms with Crippen molar-refractivity contribution in [3.63, 3.8) is 0 Å². The van der Waals surface area contributed by atoms with Crippen molar-refractivity contribution in [3.05, 3.63) is 24.3 Å². The summed E-state index contributed by atoms with van der Waals surface area (Å²) in [5.41, 5.74) is 0. The summed E-state index contributed by atoms with van der Waals surface area (Å²) < 4.78 is 10.4. The maximum Gasteiger partial charge on any atom is 0.226 e. The summed E-state index contributed by atoms with van der Waals surface area (Å²) in [6.45, 7) is 5.05. The zero-order valence-electron chi connectivity index (χ0n) is 10.8. The fourth-order valence-corrected chi connectivity index (χ4v) is 2.28. The van der Waals surface area contributed by atoms with Crippen LogP contribution in [0.5, 0.6) is 0 Å². The van der Waals surface area contributed by atoms with Gasteiger partial charge in [-0.15, -0.1) is 0 Å². The molecule has 1 aliphatic rings. The third kappa shape index (κ3) is 7.15. The zero-order chi connectivity index (χ0) is 12.5. The lowest BCUT2D eigenvalue weighted by Gasteiger charge is -1.99. The summed E-state index contributed by atoms with van der Waals surface area (Å²) in [6.07, 6.45) is 12.5. The SMILES string of the molecule is C[Si]OCC[C@@H]1C[C@H]1C/C=C\C=C\C(C)OP. The van der Waals surface area contributed by atoms with Gasteiger partial charge >= 0.3 is 0 Å². The first kappa shape index (κ1) is 15.1. The van der Waals surface area contributed by atoms with Crippen molar-refractivity contribution in [3.8, 4) is 0 Å². The molecular weight excluding hydrogens is 247 g/mol. The predicted octanol–water partition coefficient (Wildman–Crippen LogP) is 3.39. The minimum Gasteiger partial charge on any atom is -0.418 e. The van der Waals surface area contributed by atoms with Crippen LogP contribution in [0.15, 0.2) is 24.3 Å². The van der Waals surface area contributed by atoms with Crippen LogP contribution in [0, 0.1) is 11.8 Å². The van der Waals surface area contributed by atoms with Crippen LogP contribution in [-0.2, 0) is 8.95 Å². The van der Waals surface area contributed by atoms with Crippen LogP contribution in [0.2, 0.25) is 6.55 Å². The second-order valence-corrected chi connectivity index (χ2v) is 5.46. The smallest absolute Gasteiger partial charge is 0.226 e. The molecule has 1 aliphatic carbocycles. The Morgan fingerprint density at radius 2 is 2.24 bits per heavy atom. The molecule has 0 saturated heterocycles. The van der Waals surface area contributed by atoms with Gasteiger partial charge in [-0.25, -0.2) is 0 Å². The largest absolute Gasteiger partial charge is 0.418 e. The highest BCUT2D eigenvalue weighted by molar-refractivity contribution is 7.09. The highest BCUT2D eigenvalue weighted by Crippen LogP contribution is 2.43. The second kappa shape index (κ2) is 9.04. The maximum atomic E-state index is 5.40. The minimum atomic E-state index is 0.172. The van der Waals surface area contributed by atoms with E-state index in [1.807, 2.05) is 13.0 Å². The molecule has 4 heteroatoms. The van der Waals surface area contributed by atoms with Gasteiger partial charge in [-0.2, -0.15) is 0 Å². The van der Waals surface area contributed by atoms with Crippen molar-refractivity contribution < 1.29 is 8.95 Å². The Hall–Kier alpha value is 0.0469. The molecule has 2 unspecified atom stereocenters. The maximum absolute atomic E-state index is 5.40. The first-order valence-electron chi connectivity index (χ1n) is 6.25. The van der Waals surface area contributed by atoms with Crippen molar-refractivity contribution in [2.24, 2.45) is 11.8 Å². The molecule has 1 saturated carbocycles. The van der Waals surface area contributed by atoms with Gasteiger partial charge in [0.2, 0.25) is 9.76 Å². The third-order valence-corrected chi connectivity index (χ3v) is 4.01. The van der Waals surface area contributed by atoms with Crippen molar-refractivity contribution in [1.29, 1.82) is 0 Å². The molecule has 0 spiro atoms. The molecule has 1 fully saturated rings. The predicted molar refractivity (Wildman–Crippen MR) is 76.9 cm³/mol. The van der Waals surface area contributed by atoms with Gasteiger partial charge in [-0.1, -0.05) is 24.3 Å². The molecule has 0 aromatic carbocycles. The van der Waals surface area contributed by atoms with E-state index in [-0.39, 0.29) is 6.10 Å². The van der Waals surface area contributed by atoms with E-state index in [9.17, 15) is 0 Å². The van der Waals surface area contributed by atoms with E-state index in [0.717, 1.165) is 18.4 Å². The quantitative estimate of drug-likeness (QED) is 0.277. The van der Waals surface area contributed by atoms with Crippen molar-refractivity contribution >= 4 is 19.2 Å². The summed E-state index contributed by atoms with van der Waals surface area (Å²) in [7, 11) is 2.92. The molecule has 0 amide bonds. The molecule has 1 rings (SSSR count). The van der Waals surface area contributed by atoms with E-state index in [1.54, 1.807) is 0 Å². The van der Waals surface area contributed by atoms with Crippen LogP contribution in [-0.4, -0.2) is 22.5 Å². The van der Waals surface area contributed by atoms with Gasteiger partial charge in [0, 0.05) is 16.1 Å². The van der Waals surface area contributed by atoms with Crippen LogP contribution in [0.4, 0.5) is 0 Å². The Balaban J connectivity index is 2.01. The van der Waals surface area contributed by atoms with Crippen LogP contribution < -0.4 is 0 Å². The van der Waals surface area contributed by atoms with Crippen LogP contribution >= 0.6 is 9.47 Å². The molecule has 0 aromatic heterocycles. The Morgan fingerprint density at radius 3 is 2.94 bits per heavy atom. The molecule has 0 N–H and O–H groups in total. The highest BCUT2D eigenvalue weighted by Gasteiger charge is 2.34. The Kier molecular flexibility index (Phi) is 8.03. The Labute approximate surface area is 110 Å². The molecule has 17 heavy (non-hydrogen) atoms. The van der Waals surface area contributed by atoms with Crippen LogP contribution in [0.1, 0.15) is 26.2 Å².